The normalized spacial score (nSPS) is 17.6. The Morgan fingerprint density at radius 2 is 1.67 bits per heavy atom. The third kappa shape index (κ3) is 6.37. The number of benzene rings is 1. The summed E-state index contributed by atoms with van der Waals surface area (Å²) < 4.78 is 26.8. The zero-order chi connectivity index (χ0) is 15.1. The van der Waals surface area contributed by atoms with Crippen LogP contribution in [0, 0.1) is 5.92 Å². The van der Waals surface area contributed by atoms with Crippen molar-refractivity contribution in [3.8, 4) is 0 Å². The predicted octanol–water partition coefficient (Wildman–Crippen LogP) is 4.12. The Labute approximate surface area is 133 Å². The maximum absolute atomic E-state index is 12.1. The number of sulfonamides is 1. The smallest absolute Gasteiger partial charge is 0.215 e. The Balaban J connectivity index is 1.76. The van der Waals surface area contributed by atoms with Gasteiger partial charge in [-0.2, -0.15) is 0 Å². The molecule has 2 rings (SSSR count). The molecule has 0 radical (unpaired) electrons. The number of hydrogen-bond acceptors (Lipinski definition) is 2. The molecule has 1 aliphatic carbocycles. The summed E-state index contributed by atoms with van der Waals surface area (Å²) in [6, 6.07) is 6.95. The third-order valence-corrected chi connectivity index (χ3v) is 5.73. The van der Waals surface area contributed by atoms with E-state index in [9.17, 15) is 8.42 Å². The van der Waals surface area contributed by atoms with Gasteiger partial charge in [0.1, 0.15) is 0 Å². The van der Waals surface area contributed by atoms with E-state index in [-0.39, 0.29) is 5.75 Å². The van der Waals surface area contributed by atoms with Gasteiger partial charge in [0.05, 0.1) is 5.75 Å². The second-order valence-corrected chi connectivity index (χ2v) is 8.17. The molecule has 1 fully saturated rings. The number of halogens is 1. The monoisotopic (exact) mass is 329 g/mol. The summed E-state index contributed by atoms with van der Waals surface area (Å²) >= 11 is 5.80. The van der Waals surface area contributed by atoms with Crippen molar-refractivity contribution in [2.45, 2.75) is 50.7 Å². The lowest BCUT2D eigenvalue weighted by Crippen LogP contribution is -2.27. The molecule has 1 aromatic carbocycles. The van der Waals surface area contributed by atoms with E-state index in [1.165, 1.54) is 38.5 Å². The van der Waals surface area contributed by atoms with Crippen molar-refractivity contribution in [3.05, 3.63) is 34.9 Å². The van der Waals surface area contributed by atoms with Crippen molar-refractivity contribution in [2.24, 2.45) is 5.92 Å². The maximum Gasteiger partial charge on any atom is 0.215 e. The van der Waals surface area contributed by atoms with Gasteiger partial charge in [0.2, 0.25) is 10.0 Å². The van der Waals surface area contributed by atoms with Crippen LogP contribution in [0.5, 0.6) is 0 Å². The van der Waals surface area contributed by atoms with Gasteiger partial charge in [-0.15, -0.1) is 0 Å². The van der Waals surface area contributed by atoms with Crippen molar-refractivity contribution in [1.29, 1.82) is 0 Å². The molecule has 0 saturated heterocycles. The SMILES string of the molecule is O=S(=O)(Cc1ccc(Cl)cc1)NCCC1CCCCCC1. The highest BCUT2D eigenvalue weighted by Crippen LogP contribution is 2.25. The molecular formula is C16H24ClNO2S. The summed E-state index contributed by atoms with van der Waals surface area (Å²) in [5.41, 5.74) is 0.765. The molecule has 1 saturated carbocycles. The molecule has 0 bridgehead atoms. The minimum Gasteiger partial charge on any atom is -0.215 e. The zero-order valence-electron chi connectivity index (χ0n) is 12.4. The van der Waals surface area contributed by atoms with Crippen molar-refractivity contribution in [1.82, 2.24) is 4.72 Å². The van der Waals surface area contributed by atoms with Crippen LogP contribution in [0.25, 0.3) is 0 Å². The van der Waals surface area contributed by atoms with Crippen molar-refractivity contribution >= 4 is 21.6 Å². The molecule has 1 N–H and O–H groups in total. The van der Waals surface area contributed by atoms with Crippen LogP contribution in [0.4, 0.5) is 0 Å². The highest BCUT2D eigenvalue weighted by molar-refractivity contribution is 7.88. The molecule has 3 nitrogen and oxygen atoms in total. The fraction of sp³-hybridized carbons (Fsp3) is 0.625. The van der Waals surface area contributed by atoms with Crippen LogP contribution < -0.4 is 4.72 Å². The quantitative estimate of drug-likeness (QED) is 0.798. The van der Waals surface area contributed by atoms with E-state index in [1.807, 2.05) is 0 Å². The molecule has 5 heteroatoms. The van der Waals surface area contributed by atoms with Gasteiger partial charge in [0.15, 0.2) is 0 Å². The standard InChI is InChI=1S/C16H24ClNO2S/c17-16-9-7-15(8-10-16)13-21(19,20)18-12-11-14-5-3-1-2-4-6-14/h7-10,14,18H,1-6,11-13H2. The van der Waals surface area contributed by atoms with Gasteiger partial charge in [-0.1, -0.05) is 62.3 Å². The molecule has 0 amide bonds. The van der Waals surface area contributed by atoms with Crippen LogP contribution in [-0.2, 0) is 15.8 Å². The first kappa shape index (κ1) is 16.8. The predicted molar refractivity (Wildman–Crippen MR) is 87.9 cm³/mol. The lowest BCUT2D eigenvalue weighted by atomic mass is 9.97. The van der Waals surface area contributed by atoms with E-state index in [4.69, 9.17) is 11.6 Å². The molecule has 0 heterocycles. The number of rotatable bonds is 6. The van der Waals surface area contributed by atoms with Gasteiger partial charge >= 0.3 is 0 Å². The first-order valence-electron chi connectivity index (χ1n) is 7.77. The highest BCUT2D eigenvalue weighted by Gasteiger charge is 2.15. The molecule has 0 unspecified atom stereocenters. The first-order chi connectivity index (χ1) is 10.1. The summed E-state index contributed by atoms with van der Waals surface area (Å²) in [4.78, 5) is 0. The lowest BCUT2D eigenvalue weighted by Gasteiger charge is -2.14. The van der Waals surface area contributed by atoms with Crippen LogP contribution in [0.3, 0.4) is 0 Å². The number of hydrogen-bond donors (Lipinski definition) is 1. The van der Waals surface area contributed by atoms with Crippen molar-refractivity contribution in [3.63, 3.8) is 0 Å². The van der Waals surface area contributed by atoms with Gasteiger partial charge in [-0.05, 0) is 30.0 Å². The molecule has 0 aromatic heterocycles. The van der Waals surface area contributed by atoms with Crippen molar-refractivity contribution < 1.29 is 8.42 Å². The van der Waals surface area contributed by atoms with E-state index in [0.29, 0.717) is 17.5 Å². The Kier molecular flexibility index (Phi) is 6.52. The lowest BCUT2D eigenvalue weighted by molar-refractivity contribution is 0.427. The van der Waals surface area contributed by atoms with Gasteiger partial charge in [0.25, 0.3) is 0 Å². The molecule has 0 aliphatic heterocycles. The Morgan fingerprint density at radius 3 is 2.29 bits per heavy atom. The minimum absolute atomic E-state index is 0.0227. The Bertz CT molecular complexity index is 520. The summed E-state index contributed by atoms with van der Waals surface area (Å²) in [6.07, 6.45) is 8.71. The van der Waals surface area contributed by atoms with E-state index in [0.717, 1.165) is 12.0 Å². The Hall–Kier alpha value is -0.580. The first-order valence-corrected chi connectivity index (χ1v) is 9.80. The molecule has 0 atom stereocenters. The largest absolute Gasteiger partial charge is 0.215 e. The van der Waals surface area contributed by atoms with E-state index in [2.05, 4.69) is 4.72 Å². The van der Waals surface area contributed by atoms with Crippen molar-refractivity contribution in [2.75, 3.05) is 6.54 Å². The van der Waals surface area contributed by atoms with Crippen LogP contribution in [0.2, 0.25) is 5.02 Å². The fourth-order valence-corrected chi connectivity index (χ4v) is 4.21. The molecule has 21 heavy (non-hydrogen) atoms. The van der Waals surface area contributed by atoms with E-state index >= 15 is 0 Å². The highest BCUT2D eigenvalue weighted by atomic mass is 35.5. The van der Waals surface area contributed by atoms with Gasteiger partial charge in [-0.25, -0.2) is 13.1 Å². The zero-order valence-corrected chi connectivity index (χ0v) is 13.9. The van der Waals surface area contributed by atoms with Crippen LogP contribution in [0.15, 0.2) is 24.3 Å². The molecule has 118 valence electrons. The number of nitrogens with one attached hydrogen (secondary N) is 1. The average molecular weight is 330 g/mol. The summed E-state index contributed by atoms with van der Waals surface area (Å²) in [7, 11) is -3.25. The van der Waals surface area contributed by atoms with E-state index in [1.54, 1.807) is 24.3 Å². The Morgan fingerprint density at radius 1 is 1.05 bits per heavy atom. The molecule has 1 aliphatic rings. The second-order valence-electron chi connectivity index (χ2n) is 5.93. The van der Waals surface area contributed by atoms with Crippen LogP contribution in [0.1, 0.15) is 50.5 Å². The molecule has 0 spiro atoms. The molecule has 1 aromatic rings. The summed E-state index contributed by atoms with van der Waals surface area (Å²) in [6.45, 7) is 0.556. The maximum atomic E-state index is 12.1. The van der Waals surface area contributed by atoms with Gasteiger partial charge < -0.3 is 0 Å². The minimum atomic E-state index is -3.25. The summed E-state index contributed by atoms with van der Waals surface area (Å²) in [5.74, 6) is 0.709. The topological polar surface area (TPSA) is 46.2 Å². The van der Waals surface area contributed by atoms with Crippen LogP contribution in [-0.4, -0.2) is 15.0 Å². The van der Waals surface area contributed by atoms with E-state index < -0.39 is 10.0 Å². The fourth-order valence-electron chi connectivity index (χ4n) is 2.92. The van der Waals surface area contributed by atoms with Crippen LogP contribution >= 0.6 is 11.6 Å². The van der Waals surface area contributed by atoms with Gasteiger partial charge in [-0.3, -0.25) is 0 Å². The van der Waals surface area contributed by atoms with Gasteiger partial charge in [0, 0.05) is 11.6 Å². The summed E-state index contributed by atoms with van der Waals surface area (Å²) in [5, 5.41) is 0.623. The second kappa shape index (κ2) is 8.16. The average Bonchev–Trinajstić information content (AvgIpc) is 2.70. The molecular weight excluding hydrogens is 306 g/mol. The third-order valence-electron chi connectivity index (χ3n) is 4.12.